The lowest BCUT2D eigenvalue weighted by Gasteiger charge is -2.39. The summed E-state index contributed by atoms with van der Waals surface area (Å²) < 4.78 is 20.2. The molecule has 1 fully saturated rings. The van der Waals surface area contributed by atoms with Crippen LogP contribution >= 0.6 is 0 Å². The molecule has 1 saturated heterocycles. The maximum absolute atomic E-state index is 13.7. The van der Waals surface area contributed by atoms with Crippen LogP contribution in [0.3, 0.4) is 0 Å². The molecule has 3 aliphatic heterocycles. The Bertz CT molecular complexity index is 1150. The van der Waals surface area contributed by atoms with Gasteiger partial charge in [-0.25, -0.2) is 9.38 Å². The van der Waals surface area contributed by atoms with Crippen LogP contribution in [0.2, 0.25) is 0 Å². The average Bonchev–Trinajstić information content (AvgIpc) is 3.49. The van der Waals surface area contributed by atoms with E-state index in [1.165, 1.54) is 22.3 Å². The SMILES string of the molecule is Fc1ccc([C@H]2c3ccc(-c4ccccc4)cc3CCN2C2=NC[C@]3(CCNC3)O2)cc1. The zero-order chi connectivity index (χ0) is 21.5. The summed E-state index contributed by atoms with van der Waals surface area (Å²) in [7, 11) is 0. The molecule has 3 aliphatic rings. The van der Waals surface area contributed by atoms with Crippen LogP contribution in [0.15, 0.2) is 77.8 Å². The predicted molar refractivity (Wildman–Crippen MR) is 124 cm³/mol. The Morgan fingerprint density at radius 2 is 1.84 bits per heavy atom. The third kappa shape index (κ3) is 3.37. The molecular weight excluding hydrogens is 401 g/mol. The second-order valence-corrected chi connectivity index (χ2v) is 8.99. The van der Waals surface area contributed by atoms with Gasteiger partial charge < -0.3 is 15.0 Å². The molecule has 2 atom stereocenters. The smallest absolute Gasteiger partial charge is 0.288 e. The lowest BCUT2D eigenvalue weighted by Crippen LogP contribution is -2.44. The van der Waals surface area contributed by atoms with Crippen molar-refractivity contribution in [2.45, 2.75) is 24.5 Å². The molecule has 3 heterocycles. The number of nitrogens with zero attached hydrogens (tertiary/aromatic N) is 2. The van der Waals surface area contributed by atoms with Crippen molar-refractivity contribution in [1.82, 2.24) is 10.2 Å². The maximum atomic E-state index is 13.7. The van der Waals surface area contributed by atoms with Crippen molar-refractivity contribution >= 4 is 6.02 Å². The summed E-state index contributed by atoms with van der Waals surface area (Å²) in [6.07, 6.45) is 1.90. The summed E-state index contributed by atoms with van der Waals surface area (Å²) in [5.41, 5.74) is 5.85. The van der Waals surface area contributed by atoms with Crippen molar-refractivity contribution in [2.24, 2.45) is 4.99 Å². The minimum absolute atomic E-state index is 0.0487. The standard InChI is InChI=1S/C27H26FN3O/c28-23-9-6-20(7-10-23)25-24-11-8-21(19-4-2-1-3-5-19)16-22(24)12-15-31(25)26-30-18-27(32-26)13-14-29-17-27/h1-11,16,25,29H,12-15,17-18H2/t25-,27+/m0/s1. The largest absolute Gasteiger partial charge is 0.455 e. The van der Waals surface area contributed by atoms with E-state index in [4.69, 9.17) is 9.73 Å². The third-order valence-electron chi connectivity index (χ3n) is 6.92. The summed E-state index contributed by atoms with van der Waals surface area (Å²) in [5, 5.41) is 3.41. The molecule has 0 saturated carbocycles. The van der Waals surface area contributed by atoms with Crippen molar-refractivity contribution in [3.63, 3.8) is 0 Å². The van der Waals surface area contributed by atoms with E-state index in [0.717, 1.165) is 44.1 Å². The van der Waals surface area contributed by atoms with Gasteiger partial charge in [0.1, 0.15) is 11.4 Å². The molecule has 3 aromatic rings. The van der Waals surface area contributed by atoms with Crippen molar-refractivity contribution < 1.29 is 9.13 Å². The fraction of sp³-hybridized carbons (Fsp3) is 0.296. The zero-order valence-electron chi connectivity index (χ0n) is 17.9. The van der Waals surface area contributed by atoms with Crippen molar-refractivity contribution in [3.05, 3.63) is 95.3 Å². The first-order valence-corrected chi connectivity index (χ1v) is 11.4. The number of hydrogen-bond acceptors (Lipinski definition) is 4. The van der Waals surface area contributed by atoms with Crippen molar-refractivity contribution in [3.8, 4) is 11.1 Å². The van der Waals surface area contributed by atoms with Gasteiger partial charge in [0, 0.05) is 19.5 Å². The highest BCUT2D eigenvalue weighted by Gasteiger charge is 2.44. The Balaban J connectivity index is 1.39. The third-order valence-corrected chi connectivity index (χ3v) is 6.92. The van der Waals surface area contributed by atoms with Gasteiger partial charge in [-0.3, -0.25) is 0 Å². The van der Waals surface area contributed by atoms with E-state index in [1.54, 1.807) is 12.1 Å². The molecule has 4 nitrogen and oxygen atoms in total. The molecule has 0 unspecified atom stereocenters. The van der Waals surface area contributed by atoms with Crippen LogP contribution in [0.5, 0.6) is 0 Å². The Morgan fingerprint density at radius 3 is 2.62 bits per heavy atom. The topological polar surface area (TPSA) is 36.9 Å². The zero-order valence-corrected chi connectivity index (χ0v) is 17.9. The molecule has 3 aromatic carbocycles. The van der Waals surface area contributed by atoms with Gasteiger partial charge in [0.05, 0.1) is 12.6 Å². The molecule has 0 amide bonds. The van der Waals surface area contributed by atoms with E-state index in [2.05, 4.69) is 52.7 Å². The molecule has 0 aromatic heterocycles. The highest BCUT2D eigenvalue weighted by molar-refractivity contribution is 5.78. The van der Waals surface area contributed by atoms with Crippen LogP contribution in [-0.2, 0) is 11.2 Å². The number of benzene rings is 3. The van der Waals surface area contributed by atoms with E-state index >= 15 is 0 Å². The van der Waals surface area contributed by atoms with Crippen LogP contribution in [0, 0.1) is 5.82 Å². The number of halogens is 1. The molecule has 162 valence electrons. The van der Waals surface area contributed by atoms with Gasteiger partial charge in [0.2, 0.25) is 0 Å². The fourth-order valence-electron chi connectivity index (χ4n) is 5.21. The highest BCUT2D eigenvalue weighted by atomic mass is 19.1. The quantitative estimate of drug-likeness (QED) is 0.652. The summed E-state index contributed by atoms with van der Waals surface area (Å²) in [6.45, 7) is 3.32. The van der Waals surface area contributed by atoms with Crippen LogP contribution in [0.25, 0.3) is 11.1 Å². The molecule has 1 N–H and O–H groups in total. The Kier molecular flexibility index (Phi) is 4.72. The summed E-state index contributed by atoms with van der Waals surface area (Å²) in [6, 6.07) is 24.7. The predicted octanol–water partition coefficient (Wildman–Crippen LogP) is 4.56. The first-order valence-electron chi connectivity index (χ1n) is 11.4. The summed E-state index contributed by atoms with van der Waals surface area (Å²) in [4.78, 5) is 7.10. The van der Waals surface area contributed by atoms with Gasteiger partial charge in [0.25, 0.3) is 6.02 Å². The van der Waals surface area contributed by atoms with Gasteiger partial charge in [-0.15, -0.1) is 0 Å². The number of nitrogens with one attached hydrogen (secondary N) is 1. The second kappa shape index (κ2) is 7.75. The number of fused-ring (bicyclic) bond motifs is 1. The van der Waals surface area contributed by atoms with Crippen LogP contribution < -0.4 is 5.32 Å². The van der Waals surface area contributed by atoms with Gasteiger partial charge in [-0.1, -0.05) is 60.7 Å². The maximum Gasteiger partial charge on any atom is 0.288 e. The van der Waals surface area contributed by atoms with E-state index < -0.39 is 0 Å². The summed E-state index contributed by atoms with van der Waals surface area (Å²) >= 11 is 0. The number of hydrogen-bond donors (Lipinski definition) is 1. The van der Waals surface area contributed by atoms with E-state index in [-0.39, 0.29) is 17.5 Å². The lowest BCUT2D eigenvalue weighted by molar-refractivity contribution is 0.0813. The number of ether oxygens (including phenoxy) is 1. The first-order chi connectivity index (χ1) is 15.7. The first kappa shape index (κ1) is 19.5. The average molecular weight is 428 g/mol. The van der Waals surface area contributed by atoms with E-state index in [9.17, 15) is 4.39 Å². The Morgan fingerprint density at radius 1 is 1.00 bits per heavy atom. The molecule has 32 heavy (non-hydrogen) atoms. The Hall–Kier alpha value is -3.18. The molecule has 1 spiro atoms. The number of rotatable bonds is 2. The van der Waals surface area contributed by atoms with Gasteiger partial charge in [-0.05, 0) is 52.9 Å². The minimum atomic E-state index is -0.221. The normalized spacial score (nSPS) is 24.3. The van der Waals surface area contributed by atoms with Crippen molar-refractivity contribution in [1.29, 1.82) is 0 Å². The van der Waals surface area contributed by atoms with E-state index in [1.807, 2.05) is 18.2 Å². The number of amidine groups is 1. The Labute approximate surface area is 187 Å². The van der Waals surface area contributed by atoms with Gasteiger partial charge in [-0.2, -0.15) is 0 Å². The molecule has 0 aliphatic carbocycles. The van der Waals surface area contributed by atoms with Crippen molar-refractivity contribution in [2.75, 3.05) is 26.2 Å². The van der Waals surface area contributed by atoms with Crippen LogP contribution in [0.4, 0.5) is 4.39 Å². The molecular formula is C27H26FN3O. The van der Waals surface area contributed by atoms with Crippen LogP contribution in [-0.4, -0.2) is 42.7 Å². The molecule has 6 rings (SSSR count). The highest BCUT2D eigenvalue weighted by Crippen LogP contribution is 2.39. The van der Waals surface area contributed by atoms with Gasteiger partial charge in [0.15, 0.2) is 0 Å². The molecule has 0 radical (unpaired) electrons. The summed E-state index contributed by atoms with van der Waals surface area (Å²) in [5.74, 6) is -0.221. The van der Waals surface area contributed by atoms with Crippen LogP contribution in [0.1, 0.15) is 29.2 Å². The monoisotopic (exact) mass is 427 g/mol. The lowest BCUT2D eigenvalue weighted by atomic mass is 9.86. The van der Waals surface area contributed by atoms with Gasteiger partial charge >= 0.3 is 0 Å². The van der Waals surface area contributed by atoms with E-state index in [0.29, 0.717) is 6.54 Å². The number of aliphatic imine (C=N–C) groups is 1. The molecule has 5 heteroatoms. The minimum Gasteiger partial charge on any atom is -0.455 e. The second-order valence-electron chi connectivity index (χ2n) is 8.99. The fourth-order valence-corrected chi connectivity index (χ4v) is 5.21. The molecule has 0 bridgehead atoms.